The Morgan fingerprint density at radius 1 is 1.38 bits per heavy atom. The Kier molecular flexibility index (Phi) is 4.00. The van der Waals surface area contributed by atoms with Gasteiger partial charge in [0.15, 0.2) is 0 Å². The zero-order valence-corrected chi connectivity index (χ0v) is 8.99. The molecule has 72 valence electrons. The summed E-state index contributed by atoms with van der Waals surface area (Å²) in [4.78, 5) is 4.80. The molecule has 1 atom stereocenters. The molecular weight excluding hydrogens is 209 g/mol. The van der Waals surface area contributed by atoms with Crippen LogP contribution in [-0.2, 0) is 4.84 Å². The summed E-state index contributed by atoms with van der Waals surface area (Å²) in [6.45, 7) is 1.96. The first-order valence-corrected chi connectivity index (χ1v) is 4.64. The van der Waals surface area contributed by atoms with E-state index in [1.165, 1.54) is 0 Å². The van der Waals surface area contributed by atoms with Crippen LogP contribution in [-0.4, -0.2) is 7.11 Å². The van der Waals surface area contributed by atoms with Gasteiger partial charge in [-0.25, -0.2) is 0 Å². The lowest BCUT2D eigenvalue weighted by atomic mass is 10.1. The van der Waals surface area contributed by atoms with Gasteiger partial charge in [-0.3, -0.25) is 0 Å². The molecule has 2 nitrogen and oxygen atoms in total. The van der Waals surface area contributed by atoms with E-state index in [-0.39, 0.29) is 6.04 Å². The predicted molar refractivity (Wildman–Crippen MR) is 55.0 cm³/mol. The topological polar surface area (TPSA) is 21.3 Å². The first-order valence-electron chi connectivity index (χ1n) is 3.88. The average Bonchev–Trinajstić information content (AvgIpc) is 2.04. The number of halogens is 2. The third-order valence-electron chi connectivity index (χ3n) is 1.72. The minimum atomic E-state index is 0.0507. The number of hydrogen-bond donors (Lipinski definition) is 1. The van der Waals surface area contributed by atoms with E-state index in [0.717, 1.165) is 5.56 Å². The van der Waals surface area contributed by atoms with Crippen molar-refractivity contribution in [1.29, 1.82) is 0 Å². The van der Waals surface area contributed by atoms with Crippen LogP contribution in [0.15, 0.2) is 18.2 Å². The molecule has 1 rings (SSSR count). The number of hydroxylamine groups is 1. The number of hydrogen-bond acceptors (Lipinski definition) is 2. The van der Waals surface area contributed by atoms with E-state index < -0.39 is 0 Å². The van der Waals surface area contributed by atoms with Crippen molar-refractivity contribution >= 4 is 23.2 Å². The summed E-state index contributed by atoms with van der Waals surface area (Å²) in [5.74, 6) is 0. The van der Waals surface area contributed by atoms with Crippen LogP contribution in [0.5, 0.6) is 0 Å². The van der Waals surface area contributed by atoms with Gasteiger partial charge >= 0.3 is 0 Å². The summed E-state index contributed by atoms with van der Waals surface area (Å²) in [6, 6.07) is 5.44. The largest absolute Gasteiger partial charge is 0.305 e. The zero-order chi connectivity index (χ0) is 9.84. The molecule has 1 N–H and O–H groups in total. The minimum Gasteiger partial charge on any atom is -0.305 e. The molecule has 1 aromatic rings. The van der Waals surface area contributed by atoms with Gasteiger partial charge in [0.1, 0.15) is 0 Å². The molecule has 0 aromatic heterocycles. The molecule has 0 aliphatic carbocycles. The smallest absolute Gasteiger partial charge is 0.0572 e. The molecule has 0 aliphatic rings. The van der Waals surface area contributed by atoms with E-state index in [9.17, 15) is 0 Å². The van der Waals surface area contributed by atoms with Gasteiger partial charge in [-0.05, 0) is 24.6 Å². The Bertz CT molecular complexity index is 291. The van der Waals surface area contributed by atoms with Crippen LogP contribution in [0.4, 0.5) is 0 Å². The standard InChI is InChI=1S/C9H11Cl2NO/c1-6(12-13-2)8-4-3-7(10)5-9(8)11/h3-6,12H,1-2H3/t6-/m1/s1. The maximum atomic E-state index is 5.98. The van der Waals surface area contributed by atoms with E-state index in [0.29, 0.717) is 10.0 Å². The first-order chi connectivity index (χ1) is 6.15. The molecule has 0 fully saturated rings. The molecule has 4 heteroatoms. The van der Waals surface area contributed by atoms with Crippen LogP contribution < -0.4 is 5.48 Å². The molecule has 13 heavy (non-hydrogen) atoms. The Labute approximate surface area is 87.8 Å². The molecule has 1 aromatic carbocycles. The fourth-order valence-corrected chi connectivity index (χ4v) is 1.67. The number of benzene rings is 1. The Morgan fingerprint density at radius 2 is 2.08 bits per heavy atom. The molecule has 0 aliphatic heterocycles. The molecule has 0 saturated carbocycles. The Morgan fingerprint density at radius 3 is 2.62 bits per heavy atom. The molecule has 0 bridgehead atoms. The van der Waals surface area contributed by atoms with Crippen LogP contribution in [0, 0.1) is 0 Å². The van der Waals surface area contributed by atoms with Crippen molar-refractivity contribution in [3.8, 4) is 0 Å². The van der Waals surface area contributed by atoms with Crippen LogP contribution >= 0.6 is 23.2 Å². The second kappa shape index (κ2) is 4.82. The van der Waals surface area contributed by atoms with E-state index in [1.54, 1.807) is 19.2 Å². The maximum absolute atomic E-state index is 5.98. The second-order valence-electron chi connectivity index (χ2n) is 2.71. The van der Waals surface area contributed by atoms with Gasteiger partial charge in [-0.2, -0.15) is 5.48 Å². The van der Waals surface area contributed by atoms with Crippen LogP contribution in [0.3, 0.4) is 0 Å². The quantitative estimate of drug-likeness (QED) is 0.789. The van der Waals surface area contributed by atoms with E-state index in [2.05, 4.69) is 5.48 Å². The Hall–Kier alpha value is -0.280. The molecule has 0 unspecified atom stereocenters. The third-order valence-corrected chi connectivity index (χ3v) is 2.29. The monoisotopic (exact) mass is 219 g/mol. The van der Waals surface area contributed by atoms with Gasteiger partial charge in [-0.15, -0.1) is 0 Å². The molecule has 0 saturated heterocycles. The lowest BCUT2D eigenvalue weighted by Crippen LogP contribution is -2.16. The van der Waals surface area contributed by atoms with Gasteiger partial charge < -0.3 is 4.84 Å². The summed E-state index contributed by atoms with van der Waals surface area (Å²) in [7, 11) is 1.57. The zero-order valence-electron chi connectivity index (χ0n) is 7.47. The van der Waals surface area contributed by atoms with Crippen molar-refractivity contribution in [2.75, 3.05) is 7.11 Å². The molecule has 0 amide bonds. The lowest BCUT2D eigenvalue weighted by Gasteiger charge is -2.13. The summed E-state index contributed by atoms with van der Waals surface area (Å²) in [5, 5.41) is 1.28. The van der Waals surface area contributed by atoms with Gasteiger partial charge in [0, 0.05) is 10.0 Å². The normalized spacial score (nSPS) is 12.9. The van der Waals surface area contributed by atoms with Crippen molar-refractivity contribution < 1.29 is 4.84 Å². The highest BCUT2D eigenvalue weighted by Crippen LogP contribution is 2.25. The van der Waals surface area contributed by atoms with Crippen molar-refractivity contribution in [2.24, 2.45) is 0 Å². The summed E-state index contributed by atoms with van der Waals surface area (Å²) < 4.78 is 0. The third kappa shape index (κ3) is 2.85. The van der Waals surface area contributed by atoms with Crippen molar-refractivity contribution in [3.05, 3.63) is 33.8 Å². The highest BCUT2D eigenvalue weighted by atomic mass is 35.5. The summed E-state index contributed by atoms with van der Waals surface area (Å²) in [5.41, 5.74) is 3.76. The van der Waals surface area contributed by atoms with Gasteiger partial charge in [0.05, 0.1) is 13.2 Å². The van der Waals surface area contributed by atoms with Crippen LogP contribution in [0.25, 0.3) is 0 Å². The van der Waals surface area contributed by atoms with Gasteiger partial charge in [-0.1, -0.05) is 29.3 Å². The Balaban J connectivity index is 2.88. The maximum Gasteiger partial charge on any atom is 0.0572 e. The average molecular weight is 220 g/mol. The van der Waals surface area contributed by atoms with Crippen LogP contribution in [0.1, 0.15) is 18.5 Å². The predicted octanol–water partition coefficient (Wildman–Crippen LogP) is 3.21. The van der Waals surface area contributed by atoms with Crippen molar-refractivity contribution in [1.82, 2.24) is 5.48 Å². The van der Waals surface area contributed by atoms with Gasteiger partial charge in [0.2, 0.25) is 0 Å². The highest BCUT2D eigenvalue weighted by Gasteiger charge is 2.08. The SMILES string of the molecule is CON[C@H](C)c1ccc(Cl)cc1Cl. The number of nitrogens with one attached hydrogen (secondary N) is 1. The second-order valence-corrected chi connectivity index (χ2v) is 3.55. The first kappa shape index (κ1) is 10.8. The van der Waals surface area contributed by atoms with E-state index >= 15 is 0 Å². The fraction of sp³-hybridized carbons (Fsp3) is 0.333. The summed E-state index contributed by atoms with van der Waals surface area (Å²) >= 11 is 11.7. The summed E-state index contributed by atoms with van der Waals surface area (Å²) in [6.07, 6.45) is 0. The highest BCUT2D eigenvalue weighted by molar-refractivity contribution is 6.35. The molecular formula is C9H11Cl2NO. The van der Waals surface area contributed by atoms with Crippen molar-refractivity contribution in [2.45, 2.75) is 13.0 Å². The molecule has 0 spiro atoms. The molecule has 0 radical (unpaired) electrons. The van der Waals surface area contributed by atoms with Gasteiger partial charge in [0.25, 0.3) is 0 Å². The fourth-order valence-electron chi connectivity index (χ4n) is 1.09. The van der Waals surface area contributed by atoms with Crippen molar-refractivity contribution in [3.63, 3.8) is 0 Å². The van der Waals surface area contributed by atoms with E-state index in [1.807, 2.05) is 13.0 Å². The number of rotatable bonds is 3. The van der Waals surface area contributed by atoms with E-state index in [4.69, 9.17) is 28.0 Å². The molecule has 0 heterocycles. The lowest BCUT2D eigenvalue weighted by molar-refractivity contribution is 0.0659. The minimum absolute atomic E-state index is 0.0507. The van der Waals surface area contributed by atoms with Crippen LogP contribution in [0.2, 0.25) is 10.0 Å².